The predicted octanol–water partition coefficient (Wildman–Crippen LogP) is 2.83. The third kappa shape index (κ3) is 4.13. The van der Waals surface area contributed by atoms with Crippen molar-refractivity contribution in [2.45, 2.75) is 12.3 Å². The van der Waals surface area contributed by atoms with Gasteiger partial charge in [0.1, 0.15) is 11.7 Å². The number of hydrogen-bond acceptors (Lipinski definition) is 5. The SMILES string of the molecule is COc1ccccc1NC(=O)C(Cc1ccc(Cl)cc1)c1nn[nH]n1. The number of rotatable bonds is 6. The van der Waals surface area contributed by atoms with Crippen LogP contribution >= 0.6 is 11.6 Å². The standard InChI is InChI=1S/C17H16ClN5O2/c1-25-15-5-3-2-4-14(15)19-17(24)13(16-20-22-23-21-16)10-11-6-8-12(18)9-7-11/h2-9,13H,10H2,1H3,(H,19,24)(H,20,21,22,23). The second-order valence-electron chi connectivity index (χ2n) is 5.34. The van der Waals surface area contributed by atoms with E-state index in [0.29, 0.717) is 28.7 Å². The number of halogens is 1. The van der Waals surface area contributed by atoms with Gasteiger partial charge in [-0.25, -0.2) is 0 Å². The molecule has 2 N–H and O–H groups in total. The number of methoxy groups -OCH3 is 1. The Morgan fingerprint density at radius 3 is 2.68 bits per heavy atom. The van der Waals surface area contributed by atoms with Crippen LogP contribution in [0.3, 0.4) is 0 Å². The molecule has 2 aromatic carbocycles. The predicted molar refractivity (Wildman–Crippen MR) is 93.7 cm³/mol. The zero-order chi connectivity index (χ0) is 17.6. The Hall–Kier alpha value is -2.93. The van der Waals surface area contributed by atoms with Crippen LogP contribution in [0, 0.1) is 0 Å². The summed E-state index contributed by atoms with van der Waals surface area (Å²) in [7, 11) is 1.55. The zero-order valence-electron chi connectivity index (χ0n) is 13.4. The number of carbonyl (C=O) groups is 1. The average molecular weight is 358 g/mol. The molecule has 1 aromatic heterocycles. The lowest BCUT2D eigenvalue weighted by Gasteiger charge is -2.15. The highest BCUT2D eigenvalue weighted by molar-refractivity contribution is 6.30. The van der Waals surface area contributed by atoms with Gasteiger partial charge in [-0.05, 0) is 36.2 Å². The molecule has 3 aromatic rings. The van der Waals surface area contributed by atoms with Gasteiger partial charge in [-0.1, -0.05) is 41.1 Å². The molecule has 8 heteroatoms. The van der Waals surface area contributed by atoms with E-state index in [1.807, 2.05) is 24.3 Å². The van der Waals surface area contributed by atoms with Crippen LogP contribution in [-0.4, -0.2) is 33.6 Å². The van der Waals surface area contributed by atoms with Crippen LogP contribution < -0.4 is 10.1 Å². The van der Waals surface area contributed by atoms with Crippen molar-refractivity contribution >= 4 is 23.2 Å². The molecule has 0 aliphatic rings. The second-order valence-corrected chi connectivity index (χ2v) is 5.78. The van der Waals surface area contributed by atoms with Gasteiger partial charge in [0, 0.05) is 5.02 Å². The third-order valence-corrected chi connectivity index (χ3v) is 3.96. The molecule has 0 spiro atoms. The van der Waals surface area contributed by atoms with E-state index in [-0.39, 0.29) is 5.91 Å². The Balaban J connectivity index is 1.84. The molecule has 0 fully saturated rings. The normalized spacial score (nSPS) is 11.8. The van der Waals surface area contributed by atoms with E-state index in [1.54, 1.807) is 31.4 Å². The molecule has 0 radical (unpaired) electrons. The van der Waals surface area contributed by atoms with E-state index in [1.165, 1.54) is 0 Å². The lowest BCUT2D eigenvalue weighted by molar-refractivity contribution is -0.117. The summed E-state index contributed by atoms with van der Waals surface area (Å²) in [6.07, 6.45) is 0.414. The molecule has 1 heterocycles. The second kappa shape index (κ2) is 7.76. The highest BCUT2D eigenvalue weighted by Gasteiger charge is 2.26. The molecule has 3 rings (SSSR count). The Labute approximate surface area is 149 Å². The minimum atomic E-state index is -0.607. The van der Waals surface area contributed by atoms with Crippen LogP contribution in [0.15, 0.2) is 48.5 Å². The molecule has 25 heavy (non-hydrogen) atoms. The molecular weight excluding hydrogens is 342 g/mol. The monoisotopic (exact) mass is 357 g/mol. The summed E-state index contributed by atoms with van der Waals surface area (Å²) in [5.74, 6) is 0.0437. The third-order valence-electron chi connectivity index (χ3n) is 3.71. The minimum absolute atomic E-state index is 0.249. The summed E-state index contributed by atoms with van der Waals surface area (Å²) in [4.78, 5) is 12.8. The van der Waals surface area contributed by atoms with E-state index in [0.717, 1.165) is 5.56 Å². The van der Waals surface area contributed by atoms with Crippen LogP contribution in [0.4, 0.5) is 5.69 Å². The van der Waals surface area contributed by atoms with Gasteiger partial charge in [0.25, 0.3) is 0 Å². The van der Waals surface area contributed by atoms with Gasteiger partial charge in [-0.15, -0.1) is 10.2 Å². The zero-order valence-corrected chi connectivity index (χ0v) is 14.2. The van der Waals surface area contributed by atoms with Crippen molar-refractivity contribution in [2.24, 2.45) is 0 Å². The van der Waals surface area contributed by atoms with Gasteiger partial charge in [-0.2, -0.15) is 5.21 Å². The largest absolute Gasteiger partial charge is 0.495 e. The quantitative estimate of drug-likeness (QED) is 0.707. The van der Waals surface area contributed by atoms with Gasteiger partial charge in [0.05, 0.1) is 12.8 Å². The van der Waals surface area contributed by atoms with Crippen LogP contribution in [0.25, 0.3) is 0 Å². The number of nitrogens with one attached hydrogen (secondary N) is 2. The molecule has 0 saturated carbocycles. The average Bonchev–Trinajstić information content (AvgIpc) is 3.16. The number of amides is 1. The van der Waals surface area contributed by atoms with Gasteiger partial charge in [0.15, 0.2) is 5.82 Å². The topological polar surface area (TPSA) is 92.8 Å². The van der Waals surface area contributed by atoms with E-state index < -0.39 is 5.92 Å². The number of ether oxygens (including phenoxy) is 1. The molecule has 0 aliphatic heterocycles. The fourth-order valence-electron chi connectivity index (χ4n) is 2.44. The fraction of sp³-hybridized carbons (Fsp3) is 0.176. The fourth-order valence-corrected chi connectivity index (χ4v) is 2.57. The van der Waals surface area contributed by atoms with Crippen LogP contribution in [0.2, 0.25) is 5.02 Å². The summed E-state index contributed by atoms with van der Waals surface area (Å²) in [5, 5.41) is 17.4. The minimum Gasteiger partial charge on any atom is -0.495 e. The first-order chi connectivity index (χ1) is 12.2. The van der Waals surface area contributed by atoms with Crippen LogP contribution in [-0.2, 0) is 11.2 Å². The van der Waals surface area contributed by atoms with E-state index >= 15 is 0 Å². The van der Waals surface area contributed by atoms with Crippen molar-refractivity contribution in [1.29, 1.82) is 0 Å². The van der Waals surface area contributed by atoms with Crippen molar-refractivity contribution in [3.63, 3.8) is 0 Å². The number of para-hydroxylation sites is 2. The molecule has 7 nitrogen and oxygen atoms in total. The highest BCUT2D eigenvalue weighted by atomic mass is 35.5. The molecule has 0 aliphatic carbocycles. The maximum Gasteiger partial charge on any atom is 0.235 e. The number of aromatic nitrogens is 4. The Bertz CT molecular complexity index is 837. The maximum absolute atomic E-state index is 12.8. The number of carbonyl (C=O) groups excluding carboxylic acids is 1. The Kier molecular flexibility index (Phi) is 5.25. The first kappa shape index (κ1) is 16.9. The first-order valence-corrected chi connectivity index (χ1v) is 7.97. The van der Waals surface area contributed by atoms with E-state index in [4.69, 9.17) is 16.3 Å². The molecule has 128 valence electrons. The number of H-pyrrole nitrogens is 1. The molecular formula is C17H16ClN5O2. The van der Waals surface area contributed by atoms with Crippen molar-refractivity contribution < 1.29 is 9.53 Å². The lowest BCUT2D eigenvalue weighted by Crippen LogP contribution is -2.24. The lowest BCUT2D eigenvalue weighted by atomic mass is 9.97. The number of hydrogen-bond donors (Lipinski definition) is 2. The number of tetrazole rings is 1. The van der Waals surface area contributed by atoms with E-state index in [9.17, 15) is 4.79 Å². The molecule has 1 unspecified atom stereocenters. The van der Waals surface area contributed by atoms with Gasteiger partial charge >= 0.3 is 0 Å². The van der Waals surface area contributed by atoms with Crippen LogP contribution in [0.5, 0.6) is 5.75 Å². The Morgan fingerprint density at radius 2 is 2.00 bits per heavy atom. The Morgan fingerprint density at radius 1 is 1.24 bits per heavy atom. The van der Waals surface area contributed by atoms with E-state index in [2.05, 4.69) is 25.9 Å². The van der Waals surface area contributed by atoms with Gasteiger partial charge < -0.3 is 10.1 Å². The summed E-state index contributed by atoms with van der Waals surface area (Å²) >= 11 is 5.92. The van der Waals surface area contributed by atoms with Gasteiger partial charge in [0.2, 0.25) is 5.91 Å². The highest BCUT2D eigenvalue weighted by Crippen LogP contribution is 2.26. The molecule has 0 saturated heterocycles. The van der Waals surface area contributed by atoms with Crippen molar-refractivity contribution in [1.82, 2.24) is 20.6 Å². The summed E-state index contributed by atoms with van der Waals surface area (Å²) < 4.78 is 5.27. The number of anilines is 1. The molecule has 0 bridgehead atoms. The number of aromatic amines is 1. The van der Waals surface area contributed by atoms with Crippen LogP contribution in [0.1, 0.15) is 17.3 Å². The first-order valence-electron chi connectivity index (χ1n) is 7.59. The molecule has 1 amide bonds. The summed E-state index contributed by atoms with van der Waals surface area (Å²) in [5.41, 5.74) is 1.52. The summed E-state index contributed by atoms with van der Waals surface area (Å²) in [6.45, 7) is 0. The van der Waals surface area contributed by atoms with Crippen molar-refractivity contribution in [3.05, 3.63) is 64.9 Å². The number of benzene rings is 2. The van der Waals surface area contributed by atoms with Crippen molar-refractivity contribution in [3.8, 4) is 5.75 Å². The maximum atomic E-state index is 12.8. The van der Waals surface area contributed by atoms with Gasteiger partial charge in [-0.3, -0.25) is 4.79 Å². The smallest absolute Gasteiger partial charge is 0.235 e. The summed E-state index contributed by atoms with van der Waals surface area (Å²) in [6, 6.07) is 14.5. The van der Waals surface area contributed by atoms with Crippen molar-refractivity contribution in [2.75, 3.05) is 12.4 Å². The molecule has 1 atom stereocenters. The number of nitrogens with zero attached hydrogens (tertiary/aromatic N) is 3.